The topological polar surface area (TPSA) is 152 Å². The van der Waals surface area contributed by atoms with Crippen molar-refractivity contribution in [3.8, 4) is 17.6 Å². The highest BCUT2D eigenvalue weighted by Crippen LogP contribution is 2.26. The van der Waals surface area contributed by atoms with Crippen molar-refractivity contribution in [2.75, 3.05) is 56.3 Å². The zero-order valence-electron chi connectivity index (χ0n) is 27.7. The van der Waals surface area contributed by atoms with Gasteiger partial charge in [-0.15, -0.1) is 0 Å². The van der Waals surface area contributed by atoms with E-state index in [-0.39, 0.29) is 68.4 Å². The maximum absolute atomic E-state index is 13.3. The van der Waals surface area contributed by atoms with E-state index >= 15 is 0 Å². The number of nitrogens with zero attached hydrogens (tertiary/aromatic N) is 1. The molecule has 4 aromatic carbocycles. The van der Waals surface area contributed by atoms with E-state index < -0.39 is 10.9 Å². The van der Waals surface area contributed by atoms with Gasteiger partial charge in [-0.1, -0.05) is 42.2 Å². The van der Waals surface area contributed by atoms with Crippen LogP contribution >= 0.6 is 0 Å². The molecule has 0 radical (unpaired) electrons. The predicted molar refractivity (Wildman–Crippen MR) is 189 cm³/mol. The molecule has 50 heavy (non-hydrogen) atoms. The standard InChI is InChI=1S/C38H38N4O8/c1-2-50-37-34(35(45)36(37)46)41-30-15-13-28(14-16-30)38(47)40-20-22-49-24-23-48-21-19-39-32(43)17-18-33(44)42-25-29-9-4-3-7-26(29)11-12-27-8-5-6-10-31(27)42/h3-10,13-16,41H,2,17-25H2,1H3,(H,39,43)(H,40,47). The Balaban J connectivity index is 0.919. The average Bonchev–Trinajstić information content (AvgIpc) is 3.13. The molecule has 0 spiro atoms. The van der Waals surface area contributed by atoms with Crippen LogP contribution in [0.5, 0.6) is 5.75 Å². The molecule has 258 valence electrons. The van der Waals surface area contributed by atoms with Crippen molar-refractivity contribution in [1.82, 2.24) is 10.6 Å². The summed E-state index contributed by atoms with van der Waals surface area (Å²) >= 11 is 0. The summed E-state index contributed by atoms with van der Waals surface area (Å²) in [5.41, 5.74) is 3.11. The van der Waals surface area contributed by atoms with Gasteiger partial charge in [-0.25, -0.2) is 0 Å². The number of amides is 3. The number of carbonyl (C=O) groups excluding carboxylic acids is 3. The van der Waals surface area contributed by atoms with Crippen molar-refractivity contribution in [1.29, 1.82) is 0 Å². The maximum Gasteiger partial charge on any atom is 0.272 e. The highest BCUT2D eigenvalue weighted by molar-refractivity contribution is 5.97. The van der Waals surface area contributed by atoms with E-state index in [2.05, 4.69) is 27.8 Å². The number of para-hydroxylation sites is 1. The van der Waals surface area contributed by atoms with E-state index in [1.165, 1.54) is 0 Å². The number of carbonyl (C=O) groups is 3. The summed E-state index contributed by atoms with van der Waals surface area (Å²) in [6, 6.07) is 21.7. The number of benzene rings is 3. The minimum atomic E-state index is -0.654. The highest BCUT2D eigenvalue weighted by Gasteiger charge is 2.23. The van der Waals surface area contributed by atoms with Gasteiger partial charge < -0.3 is 35.1 Å². The molecule has 1 aliphatic heterocycles. The monoisotopic (exact) mass is 678 g/mol. The third-order valence-electron chi connectivity index (χ3n) is 7.78. The number of fused-ring (bicyclic) bond motifs is 2. The zero-order chi connectivity index (χ0) is 35.3. The smallest absolute Gasteiger partial charge is 0.272 e. The highest BCUT2D eigenvalue weighted by atomic mass is 16.5. The molecule has 0 bridgehead atoms. The van der Waals surface area contributed by atoms with Gasteiger partial charge in [0.1, 0.15) is 5.69 Å². The van der Waals surface area contributed by atoms with E-state index in [4.69, 9.17) is 14.2 Å². The first-order valence-corrected chi connectivity index (χ1v) is 16.4. The first kappa shape index (κ1) is 35.5. The summed E-state index contributed by atoms with van der Waals surface area (Å²) in [4.78, 5) is 63.3. The van der Waals surface area contributed by atoms with Gasteiger partial charge >= 0.3 is 0 Å². The van der Waals surface area contributed by atoms with Crippen molar-refractivity contribution < 1.29 is 28.6 Å². The molecular formula is C38H38N4O8. The Morgan fingerprint density at radius 2 is 1.42 bits per heavy atom. The Labute approximate surface area is 289 Å². The lowest BCUT2D eigenvalue weighted by atomic mass is 10.0. The molecule has 0 unspecified atom stereocenters. The minimum Gasteiger partial charge on any atom is -0.488 e. The number of hydrogen-bond acceptors (Lipinski definition) is 9. The quantitative estimate of drug-likeness (QED) is 0.0870. The second kappa shape index (κ2) is 17.6. The SMILES string of the molecule is CCOc1c(Nc2ccc(C(=O)NCCOCCOCCNC(=O)CCC(=O)N3Cc4ccccc4C#Cc4ccccc43)cc2)c(=O)c1=O. The van der Waals surface area contributed by atoms with Crippen molar-refractivity contribution in [2.45, 2.75) is 26.3 Å². The molecule has 0 fully saturated rings. The van der Waals surface area contributed by atoms with Crippen LogP contribution in [0.25, 0.3) is 0 Å². The fraction of sp³-hybridized carbons (Fsp3) is 0.289. The molecule has 12 heteroatoms. The van der Waals surface area contributed by atoms with Gasteiger partial charge in [0.05, 0.1) is 45.3 Å². The summed E-state index contributed by atoms with van der Waals surface area (Å²) in [5.74, 6) is 5.71. The van der Waals surface area contributed by atoms with Crippen LogP contribution < -0.4 is 36.4 Å². The molecule has 0 saturated carbocycles. The Kier molecular flexibility index (Phi) is 12.5. The second-order valence-electron chi connectivity index (χ2n) is 11.2. The second-order valence-corrected chi connectivity index (χ2v) is 11.2. The average molecular weight is 679 g/mol. The van der Waals surface area contributed by atoms with Crippen LogP contribution in [-0.2, 0) is 25.6 Å². The summed E-state index contributed by atoms with van der Waals surface area (Å²) in [7, 11) is 0. The van der Waals surface area contributed by atoms with Crippen LogP contribution in [-0.4, -0.2) is 63.8 Å². The van der Waals surface area contributed by atoms with E-state index in [9.17, 15) is 24.0 Å². The van der Waals surface area contributed by atoms with E-state index in [1.807, 2.05) is 48.5 Å². The molecule has 1 heterocycles. The maximum atomic E-state index is 13.3. The molecule has 5 rings (SSSR count). The first-order chi connectivity index (χ1) is 24.4. The van der Waals surface area contributed by atoms with E-state index in [0.29, 0.717) is 37.6 Å². The lowest BCUT2D eigenvalue weighted by Crippen LogP contribution is -2.35. The minimum absolute atomic E-state index is 0.0197. The number of nitrogens with one attached hydrogen (secondary N) is 3. The Morgan fingerprint density at radius 1 is 0.760 bits per heavy atom. The molecule has 12 nitrogen and oxygen atoms in total. The molecule has 3 amide bonds. The van der Waals surface area contributed by atoms with Crippen LogP contribution in [0.2, 0.25) is 0 Å². The normalized spacial score (nSPS) is 11.7. The lowest BCUT2D eigenvalue weighted by Gasteiger charge is -2.26. The van der Waals surface area contributed by atoms with Crippen LogP contribution in [0.1, 0.15) is 46.8 Å². The molecule has 4 aromatic rings. The van der Waals surface area contributed by atoms with Crippen molar-refractivity contribution >= 4 is 34.8 Å². The third-order valence-corrected chi connectivity index (χ3v) is 7.78. The number of hydrogen-bond donors (Lipinski definition) is 3. The molecular weight excluding hydrogens is 640 g/mol. The predicted octanol–water partition coefficient (Wildman–Crippen LogP) is 3.03. The van der Waals surface area contributed by atoms with E-state index in [1.54, 1.807) is 36.1 Å². The third kappa shape index (κ3) is 9.22. The Bertz CT molecular complexity index is 1950. The van der Waals surface area contributed by atoms with Crippen LogP contribution in [0.3, 0.4) is 0 Å². The lowest BCUT2D eigenvalue weighted by molar-refractivity contribution is -0.125. The molecule has 0 aliphatic carbocycles. The van der Waals surface area contributed by atoms with Gasteiger partial charge in [-0.3, -0.25) is 24.0 Å². The van der Waals surface area contributed by atoms with Gasteiger partial charge in [0.15, 0.2) is 5.75 Å². The van der Waals surface area contributed by atoms with Crippen molar-refractivity contribution in [3.05, 3.63) is 115 Å². The molecule has 0 atom stereocenters. The van der Waals surface area contributed by atoms with Crippen LogP contribution in [0.15, 0.2) is 82.4 Å². The van der Waals surface area contributed by atoms with E-state index in [0.717, 1.165) is 22.4 Å². The molecule has 3 N–H and O–H groups in total. The van der Waals surface area contributed by atoms with Gasteiger partial charge in [0, 0.05) is 48.3 Å². The Hall–Kier alpha value is -5.77. The van der Waals surface area contributed by atoms with Crippen LogP contribution in [0, 0.1) is 11.8 Å². The zero-order valence-corrected chi connectivity index (χ0v) is 27.7. The number of ether oxygens (including phenoxy) is 3. The number of anilines is 3. The van der Waals surface area contributed by atoms with Gasteiger partial charge in [0.2, 0.25) is 11.8 Å². The summed E-state index contributed by atoms with van der Waals surface area (Å²) in [5, 5.41) is 8.41. The molecule has 0 saturated heterocycles. The fourth-order valence-corrected chi connectivity index (χ4v) is 5.19. The van der Waals surface area contributed by atoms with Gasteiger partial charge in [0.25, 0.3) is 16.8 Å². The van der Waals surface area contributed by atoms with Gasteiger partial charge in [-0.05, 0) is 55.0 Å². The Morgan fingerprint density at radius 3 is 2.16 bits per heavy atom. The first-order valence-electron chi connectivity index (χ1n) is 16.4. The number of rotatable bonds is 17. The summed E-state index contributed by atoms with van der Waals surface area (Å²) in [6.45, 7) is 4.14. The molecule has 0 aromatic heterocycles. The molecule has 1 aliphatic rings. The van der Waals surface area contributed by atoms with Crippen molar-refractivity contribution in [2.24, 2.45) is 0 Å². The van der Waals surface area contributed by atoms with Crippen molar-refractivity contribution in [3.63, 3.8) is 0 Å². The largest absolute Gasteiger partial charge is 0.488 e. The van der Waals surface area contributed by atoms with Gasteiger partial charge in [-0.2, -0.15) is 0 Å². The van der Waals surface area contributed by atoms with Crippen LogP contribution in [0.4, 0.5) is 17.1 Å². The summed E-state index contributed by atoms with van der Waals surface area (Å²) in [6.07, 6.45) is 0.112. The fourth-order valence-electron chi connectivity index (χ4n) is 5.19. The summed E-state index contributed by atoms with van der Waals surface area (Å²) < 4.78 is 16.2.